The normalized spacial score (nSPS) is 20.4. The first-order chi connectivity index (χ1) is 12.1. The summed E-state index contributed by atoms with van der Waals surface area (Å²) in [6, 6.07) is 15.8. The number of hydrogen-bond donors (Lipinski definition) is 1. The van der Waals surface area contributed by atoms with Gasteiger partial charge in [0.15, 0.2) is 11.5 Å². The van der Waals surface area contributed by atoms with E-state index in [4.69, 9.17) is 9.47 Å². The number of rotatable bonds is 6. The average Bonchev–Trinajstić information content (AvgIpc) is 3.05. The zero-order chi connectivity index (χ0) is 17.8. The number of para-hydroxylation sites is 1. The standard InChI is InChI=1S/C20H23NO4/c1-24-18-10-6-9-15(19(18)25-2)16-12-21(13-17(16)20(22)23)11-14-7-4-3-5-8-14/h3-10,16-17H,11-13H2,1-2H3,(H,22,23). The molecular weight excluding hydrogens is 318 g/mol. The minimum absolute atomic E-state index is 0.133. The Hall–Kier alpha value is -2.53. The molecule has 0 saturated carbocycles. The van der Waals surface area contributed by atoms with Crippen LogP contribution in [0.1, 0.15) is 17.0 Å². The second kappa shape index (κ2) is 7.57. The van der Waals surface area contributed by atoms with Crippen molar-refractivity contribution in [3.63, 3.8) is 0 Å². The highest BCUT2D eigenvalue weighted by molar-refractivity contribution is 5.73. The van der Waals surface area contributed by atoms with Crippen LogP contribution in [0.5, 0.6) is 11.5 Å². The third-order valence-corrected chi connectivity index (χ3v) is 4.79. The number of likely N-dealkylation sites (tertiary alicyclic amines) is 1. The monoisotopic (exact) mass is 341 g/mol. The molecule has 0 aliphatic carbocycles. The van der Waals surface area contributed by atoms with Gasteiger partial charge in [-0.2, -0.15) is 0 Å². The molecule has 5 nitrogen and oxygen atoms in total. The van der Waals surface area contributed by atoms with Crippen LogP contribution >= 0.6 is 0 Å². The van der Waals surface area contributed by atoms with Crippen molar-refractivity contribution in [2.24, 2.45) is 5.92 Å². The molecule has 0 bridgehead atoms. The summed E-state index contributed by atoms with van der Waals surface area (Å²) in [5.74, 6) is -0.116. The molecule has 0 spiro atoms. The second-order valence-electron chi connectivity index (χ2n) is 6.31. The zero-order valence-corrected chi connectivity index (χ0v) is 14.5. The molecule has 5 heteroatoms. The Morgan fingerprint density at radius 2 is 1.84 bits per heavy atom. The lowest BCUT2D eigenvalue weighted by Crippen LogP contribution is -2.23. The van der Waals surface area contributed by atoms with Gasteiger partial charge in [0.05, 0.1) is 20.1 Å². The maximum absolute atomic E-state index is 11.8. The van der Waals surface area contributed by atoms with Crippen LogP contribution in [0.25, 0.3) is 0 Å². The number of ether oxygens (including phenoxy) is 2. The Kier molecular flexibility index (Phi) is 5.24. The van der Waals surface area contributed by atoms with Crippen LogP contribution < -0.4 is 9.47 Å². The Labute approximate surface area is 147 Å². The van der Waals surface area contributed by atoms with E-state index in [1.54, 1.807) is 14.2 Å². The fourth-order valence-corrected chi connectivity index (χ4v) is 3.63. The third kappa shape index (κ3) is 3.61. The molecule has 0 aromatic heterocycles. The summed E-state index contributed by atoms with van der Waals surface area (Å²) in [5.41, 5.74) is 2.08. The smallest absolute Gasteiger partial charge is 0.308 e. The predicted octanol–water partition coefficient (Wildman–Crippen LogP) is 3.00. The predicted molar refractivity (Wildman–Crippen MR) is 95.1 cm³/mol. The van der Waals surface area contributed by atoms with E-state index in [2.05, 4.69) is 17.0 Å². The molecule has 132 valence electrons. The van der Waals surface area contributed by atoms with Crippen LogP contribution in [0.3, 0.4) is 0 Å². The number of nitrogens with zero attached hydrogens (tertiary/aromatic N) is 1. The number of carboxylic acids is 1. The van der Waals surface area contributed by atoms with Crippen molar-refractivity contribution in [3.8, 4) is 11.5 Å². The van der Waals surface area contributed by atoms with Crippen molar-refractivity contribution < 1.29 is 19.4 Å². The lowest BCUT2D eigenvalue weighted by molar-refractivity contribution is -0.141. The Bertz CT molecular complexity index is 732. The highest BCUT2D eigenvalue weighted by Crippen LogP contribution is 2.42. The van der Waals surface area contributed by atoms with Crippen LogP contribution in [0, 0.1) is 5.92 Å². The van der Waals surface area contributed by atoms with Gasteiger partial charge in [-0.3, -0.25) is 9.69 Å². The van der Waals surface area contributed by atoms with E-state index in [9.17, 15) is 9.90 Å². The van der Waals surface area contributed by atoms with E-state index in [0.29, 0.717) is 24.6 Å². The topological polar surface area (TPSA) is 59.0 Å². The summed E-state index contributed by atoms with van der Waals surface area (Å²) in [7, 11) is 3.18. The van der Waals surface area contributed by atoms with Gasteiger partial charge in [0.2, 0.25) is 0 Å². The van der Waals surface area contributed by atoms with Crippen LogP contribution in [-0.2, 0) is 11.3 Å². The van der Waals surface area contributed by atoms with Gasteiger partial charge in [-0.25, -0.2) is 0 Å². The molecule has 2 unspecified atom stereocenters. The van der Waals surface area contributed by atoms with Gasteiger partial charge in [-0.1, -0.05) is 42.5 Å². The summed E-state index contributed by atoms with van der Waals surface area (Å²) < 4.78 is 10.9. The quantitative estimate of drug-likeness (QED) is 0.875. The molecule has 1 heterocycles. The van der Waals surface area contributed by atoms with Crippen LogP contribution in [0.4, 0.5) is 0 Å². The van der Waals surface area contributed by atoms with Gasteiger partial charge < -0.3 is 14.6 Å². The van der Waals surface area contributed by atoms with Gasteiger partial charge in [-0.15, -0.1) is 0 Å². The lowest BCUT2D eigenvalue weighted by atomic mass is 9.88. The van der Waals surface area contributed by atoms with E-state index >= 15 is 0 Å². The molecule has 3 rings (SSSR count). The van der Waals surface area contributed by atoms with Gasteiger partial charge >= 0.3 is 5.97 Å². The number of aliphatic carboxylic acids is 1. The third-order valence-electron chi connectivity index (χ3n) is 4.79. The molecular formula is C20H23NO4. The highest BCUT2D eigenvalue weighted by Gasteiger charge is 2.40. The second-order valence-corrected chi connectivity index (χ2v) is 6.31. The molecule has 1 N–H and O–H groups in total. The number of carbonyl (C=O) groups is 1. The van der Waals surface area contributed by atoms with Crippen LogP contribution in [-0.4, -0.2) is 43.3 Å². The van der Waals surface area contributed by atoms with E-state index < -0.39 is 11.9 Å². The highest BCUT2D eigenvalue weighted by atomic mass is 16.5. The first-order valence-corrected chi connectivity index (χ1v) is 8.34. The first kappa shape index (κ1) is 17.3. The number of hydrogen-bond acceptors (Lipinski definition) is 4. The average molecular weight is 341 g/mol. The summed E-state index contributed by atoms with van der Waals surface area (Å²) in [4.78, 5) is 14.0. The van der Waals surface area contributed by atoms with E-state index in [-0.39, 0.29) is 5.92 Å². The van der Waals surface area contributed by atoms with Gasteiger partial charge in [0, 0.05) is 31.1 Å². The SMILES string of the molecule is COc1cccc(C2CN(Cc3ccccc3)CC2C(=O)O)c1OC. The van der Waals surface area contributed by atoms with Crippen LogP contribution in [0.2, 0.25) is 0 Å². The molecule has 1 aliphatic rings. The molecule has 2 aromatic carbocycles. The molecule has 0 amide bonds. The summed E-state index contributed by atoms with van der Waals surface area (Å²) >= 11 is 0. The van der Waals surface area contributed by atoms with Crippen molar-refractivity contribution in [2.75, 3.05) is 27.3 Å². The fraction of sp³-hybridized carbons (Fsp3) is 0.350. The van der Waals surface area contributed by atoms with E-state index in [1.165, 1.54) is 5.56 Å². The first-order valence-electron chi connectivity index (χ1n) is 8.34. The Morgan fingerprint density at radius 1 is 1.08 bits per heavy atom. The lowest BCUT2D eigenvalue weighted by Gasteiger charge is -2.20. The molecule has 25 heavy (non-hydrogen) atoms. The van der Waals surface area contributed by atoms with Gasteiger partial charge in [0.25, 0.3) is 0 Å². The summed E-state index contributed by atoms with van der Waals surface area (Å²) in [5, 5.41) is 9.72. The molecule has 2 aromatic rings. The Morgan fingerprint density at radius 3 is 2.48 bits per heavy atom. The minimum Gasteiger partial charge on any atom is -0.493 e. The van der Waals surface area contributed by atoms with Crippen molar-refractivity contribution in [1.29, 1.82) is 0 Å². The molecule has 1 aliphatic heterocycles. The van der Waals surface area contributed by atoms with Gasteiger partial charge in [0.1, 0.15) is 0 Å². The van der Waals surface area contributed by atoms with E-state index in [0.717, 1.165) is 12.1 Å². The zero-order valence-electron chi connectivity index (χ0n) is 14.5. The molecule has 1 fully saturated rings. The number of carboxylic acid groups (broad SMARTS) is 1. The summed E-state index contributed by atoms with van der Waals surface area (Å²) in [6.07, 6.45) is 0. The van der Waals surface area contributed by atoms with Crippen LogP contribution in [0.15, 0.2) is 48.5 Å². The minimum atomic E-state index is -0.773. The largest absolute Gasteiger partial charge is 0.493 e. The fourth-order valence-electron chi connectivity index (χ4n) is 3.63. The summed E-state index contributed by atoms with van der Waals surface area (Å²) in [6.45, 7) is 1.94. The van der Waals surface area contributed by atoms with Crippen molar-refractivity contribution in [3.05, 3.63) is 59.7 Å². The van der Waals surface area contributed by atoms with E-state index in [1.807, 2.05) is 36.4 Å². The molecule has 2 atom stereocenters. The maximum Gasteiger partial charge on any atom is 0.308 e. The van der Waals surface area contributed by atoms with Gasteiger partial charge in [-0.05, 0) is 11.6 Å². The maximum atomic E-state index is 11.8. The van der Waals surface area contributed by atoms with Crippen molar-refractivity contribution in [2.45, 2.75) is 12.5 Å². The molecule has 1 saturated heterocycles. The Balaban J connectivity index is 1.88. The van der Waals surface area contributed by atoms with Crippen molar-refractivity contribution in [1.82, 2.24) is 4.90 Å². The number of benzene rings is 2. The molecule has 0 radical (unpaired) electrons. The number of methoxy groups -OCH3 is 2. The van der Waals surface area contributed by atoms with Crippen molar-refractivity contribution >= 4 is 5.97 Å².